The normalized spacial score (nSPS) is 27.0. The number of ether oxygens (including phenoxy) is 2. The number of tetrazole rings is 1. The van der Waals surface area contributed by atoms with Gasteiger partial charge in [0.2, 0.25) is 0 Å². The summed E-state index contributed by atoms with van der Waals surface area (Å²) in [6.45, 7) is 3.82. The first-order valence-corrected chi connectivity index (χ1v) is 8.90. The van der Waals surface area contributed by atoms with Crippen molar-refractivity contribution in [3.05, 3.63) is 41.2 Å². The van der Waals surface area contributed by atoms with E-state index in [1.807, 2.05) is 31.2 Å². The van der Waals surface area contributed by atoms with Crippen molar-refractivity contribution in [2.75, 3.05) is 20.3 Å². The van der Waals surface area contributed by atoms with Crippen LogP contribution in [-0.2, 0) is 16.0 Å². The second kappa shape index (κ2) is 7.13. The second-order valence-electron chi connectivity index (χ2n) is 6.99. The van der Waals surface area contributed by atoms with Crippen LogP contribution < -0.4 is 5.32 Å². The van der Waals surface area contributed by atoms with Gasteiger partial charge >= 0.3 is 0 Å². The molecule has 1 aromatic heterocycles. The molecule has 0 radical (unpaired) electrons. The first-order chi connectivity index (χ1) is 12.7. The molecule has 8 heteroatoms. The molecule has 4 atom stereocenters. The average Bonchev–Trinajstić information content (AvgIpc) is 3.25. The van der Waals surface area contributed by atoms with E-state index in [4.69, 9.17) is 9.47 Å². The van der Waals surface area contributed by atoms with E-state index in [1.54, 1.807) is 11.8 Å². The summed E-state index contributed by atoms with van der Waals surface area (Å²) < 4.78 is 12.8. The standard InChI is InChI=1S/C18H23N5O3/c1-11-20-21-22-23(11)9-12-3-5-13(6-4-12)18(24)19-16-14-7-8-26-17(14)15(16)10-25-2/h3-6,14-17H,7-10H2,1-2H3,(H,19,24)/t14-,15+,16+,17-/m0/s1. The molecule has 2 aliphatic rings. The molecule has 1 saturated heterocycles. The highest BCUT2D eigenvalue weighted by Crippen LogP contribution is 2.43. The predicted molar refractivity (Wildman–Crippen MR) is 92.6 cm³/mol. The van der Waals surface area contributed by atoms with Gasteiger partial charge in [-0.25, -0.2) is 4.68 Å². The molecule has 1 N–H and O–H groups in total. The summed E-state index contributed by atoms with van der Waals surface area (Å²) in [5, 5.41) is 14.6. The van der Waals surface area contributed by atoms with Crippen LogP contribution in [-0.4, -0.2) is 58.6 Å². The molecular formula is C18H23N5O3. The maximum atomic E-state index is 12.6. The third kappa shape index (κ3) is 3.10. The molecule has 0 spiro atoms. The van der Waals surface area contributed by atoms with Gasteiger partial charge in [0, 0.05) is 37.2 Å². The number of aryl methyl sites for hydroxylation is 1. The number of methoxy groups -OCH3 is 1. The molecule has 2 heterocycles. The zero-order valence-electron chi connectivity index (χ0n) is 15.0. The van der Waals surface area contributed by atoms with Crippen molar-refractivity contribution in [3.8, 4) is 0 Å². The van der Waals surface area contributed by atoms with E-state index < -0.39 is 0 Å². The number of nitrogens with zero attached hydrogens (tertiary/aromatic N) is 4. The fourth-order valence-electron chi connectivity index (χ4n) is 4.00. The monoisotopic (exact) mass is 357 g/mol. The first kappa shape index (κ1) is 17.1. The molecule has 1 amide bonds. The summed E-state index contributed by atoms with van der Waals surface area (Å²) in [4.78, 5) is 12.6. The van der Waals surface area contributed by atoms with Gasteiger partial charge in [0.05, 0.1) is 19.3 Å². The second-order valence-corrected chi connectivity index (χ2v) is 6.99. The van der Waals surface area contributed by atoms with E-state index in [2.05, 4.69) is 20.8 Å². The number of hydrogen-bond acceptors (Lipinski definition) is 6. The largest absolute Gasteiger partial charge is 0.384 e. The molecule has 26 heavy (non-hydrogen) atoms. The van der Waals surface area contributed by atoms with Gasteiger partial charge in [0.1, 0.15) is 5.82 Å². The number of hydrogen-bond donors (Lipinski definition) is 1. The van der Waals surface area contributed by atoms with Crippen molar-refractivity contribution in [2.24, 2.45) is 11.8 Å². The molecule has 1 saturated carbocycles. The van der Waals surface area contributed by atoms with Gasteiger partial charge in [0.15, 0.2) is 0 Å². The maximum absolute atomic E-state index is 12.6. The zero-order valence-corrected chi connectivity index (χ0v) is 15.0. The fraction of sp³-hybridized carbons (Fsp3) is 0.556. The Bertz CT molecular complexity index is 775. The van der Waals surface area contributed by atoms with E-state index >= 15 is 0 Å². The van der Waals surface area contributed by atoms with Crippen molar-refractivity contribution in [1.29, 1.82) is 0 Å². The van der Waals surface area contributed by atoms with Crippen molar-refractivity contribution in [2.45, 2.75) is 32.0 Å². The number of carbonyl (C=O) groups excluding carboxylic acids is 1. The van der Waals surface area contributed by atoms with Crippen molar-refractivity contribution in [3.63, 3.8) is 0 Å². The molecule has 1 aliphatic carbocycles. The number of carbonyl (C=O) groups is 1. The summed E-state index contributed by atoms with van der Waals surface area (Å²) >= 11 is 0. The number of rotatable bonds is 6. The van der Waals surface area contributed by atoms with Gasteiger partial charge in [0.25, 0.3) is 5.91 Å². The highest BCUT2D eigenvalue weighted by molar-refractivity contribution is 5.94. The molecule has 1 aliphatic heterocycles. The van der Waals surface area contributed by atoms with Crippen LogP contribution in [0.2, 0.25) is 0 Å². The quantitative estimate of drug-likeness (QED) is 0.823. The van der Waals surface area contributed by atoms with Gasteiger partial charge in [-0.2, -0.15) is 0 Å². The lowest BCUT2D eigenvalue weighted by Crippen LogP contribution is -2.62. The number of benzene rings is 1. The Morgan fingerprint density at radius 2 is 2.19 bits per heavy atom. The lowest BCUT2D eigenvalue weighted by atomic mass is 9.67. The SMILES string of the molecule is COC[C@@H]1[C@H](NC(=O)c2ccc(Cn3nnnc3C)cc2)[C@@H]2CCO[C@H]12. The zero-order chi connectivity index (χ0) is 18.1. The third-order valence-electron chi connectivity index (χ3n) is 5.44. The van der Waals surface area contributed by atoms with Crippen molar-refractivity contribution >= 4 is 5.91 Å². The Labute approximate surface area is 151 Å². The summed E-state index contributed by atoms with van der Waals surface area (Å²) in [6, 6.07) is 7.68. The van der Waals surface area contributed by atoms with Gasteiger partial charge in [-0.3, -0.25) is 4.79 Å². The Morgan fingerprint density at radius 1 is 1.38 bits per heavy atom. The predicted octanol–water partition coefficient (Wildman–Crippen LogP) is 0.810. The topological polar surface area (TPSA) is 91.2 Å². The average molecular weight is 357 g/mol. The molecular weight excluding hydrogens is 334 g/mol. The number of nitrogens with one attached hydrogen (secondary N) is 1. The van der Waals surface area contributed by atoms with E-state index in [9.17, 15) is 4.79 Å². The van der Waals surface area contributed by atoms with Crippen molar-refractivity contribution < 1.29 is 14.3 Å². The molecule has 2 aromatic rings. The van der Waals surface area contributed by atoms with Crippen LogP contribution in [0.3, 0.4) is 0 Å². The Balaban J connectivity index is 1.39. The minimum atomic E-state index is -0.0494. The summed E-state index contributed by atoms with van der Waals surface area (Å²) in [5.41, 5.74) is 1.70. The summed E-state index contributed by atoms with van der Waals surface area (Å²) in [7, 11) is 1.69. The van der Waals surface area contributed by atoms with Gasteiger partial charge < -0.3 is 14.8 Å². The van der Waals surface area contributed by atoms with Gasteiger partial charge in [-0.15, -0.1) is 5.10 Å². The number of aromatic nitrogens is 4. The summed E-state index contributed by atoms with van der Waals surface area (Å²) in [6.07, 6.45) is 1.22. The minimum absolute atomic E-state index is 0.0494. The Kier molecular flexibility index (Phi) is 4.69. The lowest BCUT2D eigenvalue weighted by molar-refractivity contribution is -0.0809. The third-order valence-corrected chi connectivity index (χ3v) is 5.44. The fourth-order valence-corrected chi connectivity index (χ4v) is 4.00. The number of amides is 1. The van der Waals surface area contributed by atoms with Crippen LogP contribution in [0.4, 0.5) is 0 Å². The van der Waals surface area contributed by atoms with E-state index in [0.717, 1.165) is 24.4 Å². The molecule has 4 rings (SSSR count). The first-order valence-electron chi connectivity index (χ1n) is 8.90. The highest BCUT2D eigenvalue weighted by atomic mass is 16.5. The van der Waals surface area contributed by atoms with Gasteiger partial charge in [-0.1, -0.05) is 12.1 Å². The van der Waals surface area contributed by atoms with Crippen LogP contribution in [0.5, 0.6) is 0 Å². The Hall–Kier alpha value is -2.32. The van der Waals surface area contributed by atoms with Crippen LogP contribution >= 0.6 is 0 Å². The maximum Gasteiger partial charge on any atom is 0.251 e. The van der Waals surface area contributed by atoms with Crippen LogP contribution in [0, 0.1) is 18.8 Å². The van der Waals surface area contributed by atoms with Crippen LogP contribution in [0.25, 0.3) is 0 Å². The minimum Gasteiger partial charge on any atom is -0.384 e. The molecule has 2 fully saturated rings. The number of fused-ring (bicyclic) bond motifs is 1. The van der Waals surface area contributed by atoms with E-state index in [-0.39, 0.29) is 24.0 Å². The molecule has 0 bridgehead atoms. The van der Waals surface area contributed by atoms with E-state index in [0.29, 0.717) is 24.6 Å². The van der Waals surface area contributed by atoms with E-state index in [1.165, 1.54) is 0 Å². The van der Waals surface area contributed by atoms with Gasteiger partial charge in [-0.05, 0) is 41.5 Å². The molecule has 8 nitrogen and oxygen atoms in total. The molecule has 1 aromatic carbocycles. The summed E-state index contributed by atoms with van der Waals surface area (Å²) in [5.74, 6) is 1.35. The molecule has 0 unspecified atom stereocenters. The smallest absolute Gasteiger partial charge is 0.251 e. The Morgan fingerprint density at radius 3 is 2.88 bits per heavy atom. The van der Waals surface area contributed by atoms with Crippen LogP contribution in [0.15, 0.2) is 24.3 Å². The lowest BCUT2D eigenvalue weighted by Gasteiger charge is -2.47. The van der Waals surface area contributed by atoms with Crippen molar-refractivity contribution in [1.82, 2.24) is 25.5 Å². The van der Waals surface area contributed by atoms with Crippen LogP contribution in [0.1, 0.15) is 28.2 Å². The molecule has 138 valence electrons. The highest BCUT2D eigenvalue weighted by Gasteiger charge is 2.54.